The van der Waals surface area contributed by atoms with Gasteiger partial charge >= 0.3 is 6.18 Å². The standard InChI is InChI=1S/C11H10BrClF3N/c12-8-6-9(13)10(17-3-1-2-4-17)5-7(8)11(14,15)16/h5-6H,1-4H2. The SMILES string of the molecule is FC(F)(F)c1cc(N2CCCC2)c(Cl)cc1Br. The Morgan fingerprint density at radius 3 is 2.29 bits per heavy atom. The summed E-state index contributed by atoms with van der Waals surface area (Å²) >= 11 is 8.90. The lowest BCUT2D eigenvalue weighted by Crippen LogP contribution is -2.19. The minimum absolute atomic E-state index is 0.0158. The van der Waals surface area contributed by atoms with Gasteiger partial charge in [0.05, 0.1) is 16.3 Å². The number of halogens is 5. The van der Waals surface area contributed by atoms with Crippen molar-refractivity contribution < 1.29 is 13.2 Å². The second-order valence-electron chi connectivity index (χ2n) is 3.98. The molecule has 1 aliphatic heterocycles. The highest BCUT2D eigenvalue weighted by Crippen LogP contribution is 2.41. The van der Waals surface area contributed by atoms with Gasteiger partial charge in [-0.1, -0.05) is 27.5 Å². The zero-order valence-electron chi connectivity index (χ0n) is 8.82. The summed E-state index contributed by atoms with van der Waals surface area (Å²) in [4.78, 5) is 1.89. The smallest absolute Gasteiger partial charge is 0.370 e. The van der Waals surface area contributed by atoms with Gasteiger partial charge in [-0.05, 0) is 25.0 Å². The van der Waals surface area contributed by atoms with E-state index >= 15 is 0 Å². The molecule has 1 heterocycles. The van der Waals surface area contributed by atoms with Crippen LogP contribution in [0.5, 0.6) is 0 Å². The van der Waals surface area contributed by atoms with Gasteiger partial charge in [0.25, 0.3) is 0 Å². The van der Waals surface area contributed by atoms with E-state index in [1.807, 2.05) is 4.90 Å². The Morgan fingerprint density at radius 1 is 1.18 bits per heavy atom. The molecule has 1 nitrogen and oxygen atoms in total. The average Bonchev–Trinajstić information content (AvgIpc) is 2.68. The summed E-state index contributed by atoms with van der Waals surface area (Å²) in [6.07, 6.45) is -2.38. The van der Waals surface area contributed by atoms with Crippen molar-refractivity contribution in [1.82, 2.24) is 0 Å². The van der Waals surface area contributed by atoms with E-state index in [9.17, 15) is 13.2 Å². The number of alkyl halides is 3. The summed E-state index contributed by atoms with van der Waals surface area (Å²) < 4.78 is 38.3. The Labute approximate surface area is 111 Å². The fourth-order valence-corrected chi connectivity index (χ4v) is 2.94. The van der Waals surface area contributed by atoms with Crippen LogP contribution in [0.1, 0.15) is 18.4 Å². The molecule has 0 spiro atoms. The summed E-state index contributed by atoms with van der Waals surface area (Å²) in [6.45, 7) is 1.53. The van der Waals surface area contributed by atoms with Crippen LogP contribution in [0.15, 0.2) is 16.6 Å². The Hall–Kier alpha value is -0.420. The molecule has 1 aromatic carbocycles. The third kappa shape index (κ3) is 2.71. The fraction of sp³-hybridized carbons (Fsp3) is 0.455. The van der Waals surface area contributed by atoms with Crippen molar-refractivity contribution in [3.8, 4) is 0 Å². The third-order valence-electron chi connectivity index (χ3n) is 2.79. The predicted molar refractivity (Wildman–Crippen MR) is 65.6 cm³/mol. The molecule has 1 fully saturated rings. The average molecular weight is 329 g/mol. The zero-order chi connectivity index (χ0) is 12.6. The van der Waals surface area contributed by atoms with E-state index < -0.39 is 11.7 Å². The molecule has 0 aliphatic carbocycles. The Bertz CT molecular complexity index is 427. The van der Waals surface area contributed by atoms with Gasteiger partial charge in [-0.3, -0.25) is 0 Å². The molecule has 6 heteroatoms. The molecule has 0 atom stereocenters. The van der Waals surface area contributed by atoms with Gasteiger partial charge in [0.2, 0.25) is 0 Å². The van der Waals surface area contributed by atoms with Gasteiger partial charge in [0.15, 0.2) is 0 Å². The summed E-state index contributed by atoms with van der Waals surface area (Å²) in [7, 11) is 0. The van der Waals surface area contributed by atoms with E-state index in [0.717, 1.165) is 32.0 Å². The molecule has 1 aliphatic rings. The van der Waals surface area contributed by atoms with E-state index in [-0.39, 0.29) is 4.47 Å². The lowest BCUT2D eigenvalue weighted by Gasteiger charge is -2.21. The second kappa shape index (κ2) is 4.69. The molecule has 0 N–H and O–H groups in total. The van der Waals surface area contributed by atoms with Crippen molar-refractivity contribution in [3.05, 3.63) is 27.2 Å². The number of rotatable bonds is 1. The van der Waals surface area contributed by atoms with Gasteiger partial charge in [-0.25, -0.2) is 0 Å². The number of anilines is 1. The molecule has 0 saturated carbocycles. The quantitative estimate of drug-likeness (QED) is 0.721. The first-order valence-electron chi connectivity index (χ1n) is 5.21. The number of hydrogen-bond acceptors (Lipinski definition) is 1. The maximum Gasteiger partial charge on any atom is 0.417 e. The molecular weight excluding hydrogens is 318 g/mol. The molecule has 0 aromatic heterocycles. The molecule has 17 heavy (non-hydrogen) atoms. The Morgan fingerprint density at radius 2 is 1.76 bits per heavy atom. The molecule has 0 radical (unpaired) electrons. The van der Waals surface area contributed by atoms with Crippen LogP contribution in [0.3, 0.4) is 0 Å². The van der Waals surface area contributed by atoms with E-state index in [4.69, 9.17) is 11.6 Å². The molecule has 0 bridgehead atoms. The second-order valence-corrected chi connectivity index (χ2v) is 5.24. The van der Waals surface area contributed by atoms with Crippen LogP contribution in [0, 0.1) is 0 Å². The highest BCUT2D eigenvalue weighted by atomic mass is 79.9. The highest BCUT2D eigenvalue weighted by Gasteiger charge is 2.34. The highest BCUT2D eigenvalue weighted by molar-refractivity contribution is 9.10. The Kier molecular flexibility index (Phi) is 3.59. The first kappa shape index (κ1) is 13.0. The molecular formula is C11H10BrClF3N. The van der Waals surface area contributed by atoms with Crippen molar-refractivity contribution in [2.24, 2.45) is 0 Å². The third-order valence-corrected chi connectivity index (χ3v) is 3.75. The van der Waals surface area contributed by atoms with Gasteiger partial charge < -0.3 is 4.90 Å². The topological polar surface area (TPSA) is 3.24 Å². The monoisotopic (exact) mass is 327 g/mol. The van der Waals surface area contributed by atoms with Crippen LogP contribution in [-0.2, 0) is 6.18 Å². The summed E-state index contributed by atoms with van der Waals surface area (Å²) in [6, 6.07) is 2.44. The molecule has 1 aromatic rings. The minimum Gasteiger partial charge on any atom is -0.370 e. The molecule has 0 amide bonds. The van der Waals surface area contributed by atoms with Crippen molar-refractivity contribution >= 4 is 33.2 Å². The van der Waals surface area contributed by atoms with Crippen molar-refractivity contribution in [1.29, 1.82) is 0 Å². The number of hydrogen-bond donors (Lipinski definition) is 0. The van der Waals surface area contributed by atoms with Gasteiger partial charge in [0, 0.05) is 17.6 Å². The van der Waals surface area contributed by atoms with Crippen molar-refractivity contribution in [2.45, 2.75) is 19.0 Å². The fourth-order valence-electron chi connectivity index (χ4n) is 1.96. The van der Waals surface area contributed by atoms with Gasteiger partial charge in [0.1, 0.15) is 0 Å². The summed E-state index contributed by atoms with van der Waals surface area (Å²) in [5.74, 6) is 0. The Balaban J connectivity index is 2.45. The van der Waals surface area contributed by atoms with E-state index in [1.165, 1.54) is 6.07 Å². The maximum absolute atomic E-state index is 12.8. The first-order chi connectivity index (χ1) is 7.89. The first-order valence-corrected chi connectivity index (χ1v) is 6.38. The van der Waals surface area contributed by atoms with Crippen LogP contribution in [0.2, 0.25) is 5.02 Å². The lowest BCUT2D eigenvalue weighted by atomic mass is 10.2. The minimum atomic E-state index is -4.36. The van der Waals surface area contributed by atoms with Crippen LogP contribution in [0.25, 0.3) is 0 Å². The van der Waals surface area contributed by atoms with Crippen molar-refractivity contribution in [3.63, 3.8) is 0 Å². The molecule has 0 unspecified atom stereocenters. The molecule has 2 rings (SSSR count). The largest absolute Gasteiger partial charge is 0.417 e. The number of benzene rings is 1. The van der Waals surface area contributed by atoms with Crippen LogP contribution in [-0.4, -0.2) is 13.1 Å². The maximum atomic E-state index is 12.8. The normalized spacial score (nSPS) is 16.6. The van der Waals surface area contributed by atoms with Crippen LogP contribution in [0.4, 0.5) is 18.9 Å². The van der Waals surface area contributed by atoms with E-state index in [0.29, 0.717) is 10.7 Å². The number of nitrogens with zero attached hydrogens (tertiary/aromatic N) is 1. The van der Waals surface area contributed by atoms with Crippen molar-refractivity contribution in [2.75, 3.05) is 18.0 Å². The molecule has 94 valence electrons. The molecule has 1 saturated heterocycles. The summed E-state index contributed by atoms with van der Waals surface area (Å²) in [5, 5.41) is 0.353. The van der Waals surface area contributed by atoms with E-state index in [2.05, 4.69) is 15.9 Å². The van der Waals surface area contributed by atoms with Crippen LogP contribution < -0.4 is 4.90 Å². The van der Waals surface area contributed by atoms with Gasteiger partial charge in [-0.15, -0.1) is 0 Å². The van der Waals surface area contributed by atoms with E-state index in [1.54, 1.807) is 0 Å². The van der Waals surface area contributed by atoms with Gasteiger partial charge in [-0.2, -0.15) is 13.2 Å². The predicted octanol–water partition coefficient (Wildman–Crippen LogP) is 4.72. The zero-order valence-corrected chi connectivity index (χ0v) is 11.2. The lowest BCUT2D eigenvalue weighted by molar-refractivity contribution is -0.138. The summed E-state index contributed by atoms with van der Waals surface area (Å²) in [5.41, 5.74) is -0.205. The van der Waals surface area contributed by atoms with Crippen LogP contribution >= 0.6 is 27.5 Å².